The highest BCUT2D eigenvalue weighted by Gasteiger charge is 2.18. The zero-order valence-corrected chi connectivity index (χ0v) is 9.41. The Hall–Kier alpha value is 0.270. The van der Waals surface area contributed by atoms with Crippen LogP contribution in [0, 0.1) is 0 Å². The molecule has 0 saturated heterocycles. The summed E-state index contributed by atoms with van der Waals surface area (Å²) in [5.74, 6) is 0. The lowest BCUT2D eigenvalue weighted by atomic mass is 9.95. The second kappa shape index (κ2) is 4.49. The molecule has 74 valence electrons. The lowest BCUT2D eigenvalue weighted by Gasteiger charge is -2.24. The molecular weight excluding hydrogens is 170 g/mol. The maximum atomic E-state index is 8.75. The Morgan fingerprint density at radius 3 is 2.00 bits per heavy atom. The van der Waals surface area contributed by atoms with Gasteiger partial charge in [0.05, 0.1) is 0 Å². The molecular formula is C9H21NOS. The van der Waals surface area contributed by atoms with E-state index in [9.17, 15) is 0 Å². The zero-order valence-electron chi connectivity index (χ0n) is 8.52. The third-order valence-corrected chi connectivity index (χ3v) is 2.12. The molecule has 0 aromatic heterocycles. The van der Waals surface area contributed by atoms with Gasteiger partial charge in [0.1, 0.15) is 0 Å². The van der Waals surface area contributed by atoms with Crippen molar-refractivity contribution < 1.29 is 5.21 Å². The number of hydroxylamine groups is 1. The summed E-state index contributed by atoms with van der Waals surface area (Å²) in [6, 6.07) is 0. The summed E-state index contributed by atoms with van der Waals surface area (Å²) in [5.41, 5.74) is 2.13. The predicted octanol–water partition coefficient (Wildman–Crippen LogP) is 2.62. The van der Waals surface area contributed by atoms with Crippen LogP contribution in [0.25, 0.3) is 0 Å². The van der Waals surface area contributed by atoms with Gasteiger partial charge in [-0.05, 0) is 26.7 Å². The molecule has 0 rings (SSSR count). The van der Waals surface area contributed by atoms with Gasteiger partial charge in [-0.1, -0.05) is 20.3 Å². The van der Waals surface area contributed by atoms with Gasteiger partial charge >= 0.3 is 0 Å². The fraction of sp³-hybridized carbons (Fsp3) is 1.00. The van der Waals surface area contributed by atoms with Gasteiger partial charge < -0.3 is 5.21 Å². The fourth-order valence-corrected chi connectivity index (χ4v) is 1.18. The Kier molecular flexibility index (Phi) is 4.59. The molecule has 0 fully saturated rings. The van der Waals surface area contributed by atoms with E-state index in [0.717, 1.165) is 19.3 Å². The second-order valence-electron chi connectivity index (χ2n) is 4.66. The summed E-state index contributed by atoms with van der Waals surface area (Å²) >= 11 is 4.43. The quantitative estimate of drug-likeness (QED) is 0.461. The number of hydrogen-bond donors (Lipinski definition) is 3. The van der Waals surface area contributed by atoms with Crippen molar-refractivity contribution in [2.24, 2.45) is 0 Å². The van der Waals surface area contributed by atoms with E-state index in [0.29, 0.717) is 0 Å². The molecule has 0 aliphatic rings. The molecule has 0 saturated carbocycles. The molecule has 3 heteroatoms. The Morgan fingerprint density at radius 2 is 1.67 bits per heavy atom. The number of rotatable bonds is 5. The van der Waals surface area contributed by atoms with E-state index in [4.69, 9.17) is 5.21 Å². The molecule has 0 aliphatic heterocycles. The number of nitrogens with one attached hydrogen (secondary N) is 1. The largest absolute Gasteiger partial charge is 0.316 e. The van der Waals surface area contributed by atoms with E-state index in [1.807, 2.05) is 13.8 Å². The Bertz CT molecular complexity index is 129. The van der Waals surface area contributed by atoms with E-state index in [1.165, 1.54) is 0 Å². The minimum absolute atomic E-state index is 0.103. The van der Waals surface area contributed by atoms with Crippen LogP contribution in [0.1, 0.15) is 47.0 Å². The molecule has 0 aromatic carbocycles. The smallest absolute Gasteiger partial charge is 0.0373 e. The van der Waals surface area contributed by atoms with Crippen LogP contribution in [0.3, 0.4) is 0 Å². The van der Waals surface area contributed by atoms with Crippen LogP contribution in [-0.4, -0.2) is 15.5 Å². The van der Waals surface area contributed by atoms with Crippen LogP contribution >= 0.6 is 12.6 Å². The van der Waals surface area contributed by atoms with Gasteiger partial charge in [-0.2, -0.15) is 12.6 Å². The molecule has 2 N–H and O–H groups in total. The molecule has 0 atom stereocenters. The first kappa shape index (κ1) is 12.3. The van der Waals surface area contributed by atoms with Crippen LogP contribution < -0.4 is 5.48 Å². The van der Waals surface area contributed by atoms with Crippen LogP contribution in [0.4, 0.5) is 0 Å². The Labute approximate surface area is 81.1 Å². The van der Waals surface area contributed by atoms with Gasteiger partial charge in [0.2, 0.25) is 0 Å². The highest BCUT2D eigenvalue weighted by atomic mass is 32.1. The number of thiol groups is 1. The van der Waals surface area contributed by atoms with Gasteiger partial charge in [0.15, 0.2) is 0 Å². The minimum Gasteiger partial charge on any atom is -0.316 e. The Balaban J connectivity index is 3.57. The summed E-state index contributed by atoms with van der Waals surface area (Å²) < 4.78 is 0.103. The number of hydrogen-bond acceptors (Lipinski definition) is 3. The van der Waals surface area contributed by atoms with Crippen molar-refractivity contribution in [3.63, 3.8) is 0 Å². The van der Waals surface area contributed by atoms with Crippen molar-refractivity contribution in [2.45, 2.75) is 57.2 Å². The highest BCUT2D eigenvalue weighted by Crippen LogP contribution is 2.22. The molecule has 0 heterocycles. The average molecular weight is 191 g/mol. The van der Waals surface area contributed by atoms with Crippen molar-refractivity contribution in [1.82, 2.24) is 5.48 Å². The Morgan fingerprint density at radius 1 is 1.17 bits per heavy atom. The molecule has 2 nitrogen and oxygen atoms in total. The maximum absolute atomic E-state index is 8.75. The first-order valence-corrected chi connectivity index (χ1v) is 4.85. The molecule has 0 aromatic rings. The third-order valence-electron chi connectivity index (χ3n) is 1.89. The topological polar surface area (TPSA) is 32.3 Å². The van der Waals surface area contributed by atoms with Crippen molar-refractivity contribution in [2.75, 3.05) is 0 Å². The lowest BCUT2D eigenvalue weighted by Crippen LogP contribution is -2.36. The normalized spacial score (nSPS) is 13.5. The molecule has 0 bridgehead atoms. The van der Waals surface area contributed by atoms with Gasteiger partial charge in [-0.3, -0.25) is 0 Å². The summed E-state index contributed by atoms with van der Waals surface area (Å²) in [7, 11) is 0. The third kappa shape index (κ3) is 6.95. The summed E-state index contributed by atoms with van der Waals surface area (Å²) in [6.45, 7) is 8.18. The molecule has 0 amide bonds. The van der Waals surface area contributed by atoms with Crippen molar-refractivity contribution in [3.05, 3.63) is 0 Å². The maximum Gasteiger partial charge on any atom is 0.0373 e. The van der Waals surface area contributed by atoms with Crippen molar-refractivity contribution >= 4 is 12.6 Å². The van der Waals surface area contributed by atoms with E-state index < -0.39 is 0 Å². The zero-order chi connectivity index (χ0) is 9.83. The fourth-order valence-electron chi connectivity index (χ4n) is 1.02. The van der Waals surface area contributed by atoms with Crippen LogP contribution in [0.15, 0.2) is 0 Å². The van der Waals surface area contributed by atoms with Gasteiger partial charge in [-0.25, -0.2) is 5.48 Å². The van der Waals surface area contributed by atoms with Crippen LogP contribution in [0.2, 0.25) is 0 Å². The van der Waals surface area contributed by atoms with Crippen LogP contribution in [0.5, 0.6) is 0 Å². The molecule has 12 heavy (non-hydrogen) atoms. The van der Waals surface area contributed by atoms with Crippen molar-refractivity contribution in [3.8, 4) is 0 Å². The molecule has 0 aliphatic carbocycles. The first-order valence-electron chi connectivity index (χ1n) is 4.40. The van der Waals surface area contributed by atoms with Crippen molar-refractivity contribution in [1.29, 1.82) is 0 Å². The summed E-state index contributed by atoms with van der Waals surface area (Å²) in [4.78, 5) is 0. The van der Waals surface area contributed by atoms with Gasteiger partial charge in [0.25, 0.3) is 0 Å². The van der Waals surface area contributed by atoms with Crippen LogP contribution in [-0.2, 0) is 0 Å². The van der Waals surface area contributed by atoms with E-state index in [-0.39, 0.29) is 10.3 Å². The SMILES string of the molecule is CC(C)(S)CCCC(C)(C)NO. The van der Waals surface area contributed by atoms with E-state index >= 15 is 0 Å². The average Bonchev–Trinajstić information content (AvgIpc) is 1.84. The molecule has 0 radical (unpaired) electrons. The van der Waals surface area contributed by atoms with Gasteiger partial charge in [0, 0.05) is 10.3 Å². The lowest BCUT2D eigenvalue weighted by molar-refractivity contribution is 0.0746. The minimum atomic E-state index is -0.168. The molecule has 0 unspecified atom stereocenters. The molecule has 0 spiro atoms. The first-order chi connectivity index (χ1) is 5.27. The predicted molar refractivity (Wildman–Crippen MR) is 55.9 cm³/mol. The monoisotopic (exact) mass is 191 g/mol. The van der Waals surface area contributed by atoms with E-state index in [2.05, 4.69) is 32.0 Å². The van der Waals surface area contributed by atoms with Gasteiger partial charge in [-0.15, -0.1) is 0 Å². The second-order valence-corrected chi connectivity index (χ2v) is 5.87. The standard InChI is InChI=1S/C9H21NOS/c1-8(2,10-11)6-5-7-9(3,4)12/h10-12H,5-7H2,1-4H3. The summed E-state index contributed by atoms with van der Waals surface area (Å²) in [5, 5.41) is 8.75. The highest BCUT2D eigenvalue weighted by molar-refractivity contribution is 7.81. The summed E-state index contributed by atoms with van der Waals surface area (Å²) in [6.07, 6.45) is 3.12. The van der Waals surface area contributed by atoms with E-state index in [1.54, 1.807) is 0 Å².